The Labute approximate surface area is 148 Å². The van der Waals surface area contributed by atoms with E-state index < -0.39 is 0 Å². The molecule has 0 heterocycles. The highest BCUT2D eigenvalue weighted by molar-refractivity contribution is 14.1. The van der Waals surface area contributed by atoms with Crippen LogP contribution in [-0.2, 0) is 13.2 Å². The van der Waals surface area contributed by atoms with Gasteiger partial charge in [0.2, 0.25) is 0 Å². The SMILES string of the molecule is CCCNCc1ccc(COc2cccc(I)c2)c(Br)c1. The number of hydrogen-bond donors (Lipinski definition) is 1. The molecule has 4 heteroatoms. The van der Waals surface area contributed by atoms with E-state index in [2.05, 4.69) is 75.0 Å². The first kappa shape index (κ1) is 16.8. The Morgan fingerprint density at radius 2 is 2.05 bits per heavy atom. The Hall–Kier alpha value is -0.590. The van der Waals surface area contributed by atoms with E-state index in [4.69, 9.17) is 4.74 Å². The molecule has 0 aliphatic carbocycles. The molecular weight excluding hydrogens is 441 g/mol. The third kappa shape index (κ3) is 5.60. The molecule has 0 spiro atoms. The zero-order valence-corrected chi connectivity index (χ0v) is 15.8. The standard InChI is InChI=1S/C17H19BrINO/c1-2-8-20-11-13-6-7-14(17(18)9-13)12-21-16-5-3-4-15(19)10-16/h3-7,9-10,20H,2,8,11-12H2,1H3. The molecule has 0 radical (unpaired) electrons. The third-order valence-electron chi connectivity index (χ3n) is 3.06. The average Bonchev–Trinajstić information content (AvgIpc) is 2.47. The fourth-order valence-corrected chi connectivity index (χ4v) is 3.00. The van der Waals surface area contributed by atoms with Gasteiger partial charge in [0.05, 0.1) is 0 Å². The minimum atomic E-state index is 0.573. The van der Waals surface area contributed by atoms with E-state index in [1.807, 2.05) is 18.2 Å². The van der Waals surface area contributed by atoms with Crippen molar-refractivity contribution in [2.75, 3.05) is 6.54 Å². The maximum absolute atomic E-state index is 5.84. The van der Waals surface area contributed by atoms with Crippen molar-refractivity contribution < 1.29 is 4.74 Å². The van der Waals surface area contributed by atoms with Gasteiger partial charge in [0.1, 0.15) is 12.4 Å². The summed E-state index contributed by atoms with van der Waals surface area (Å²) < 4.78 is 8.12. The van der Waals surface area contributed by atoms with Gasteiger partial charge in [-0.3, -0.25) is 0 Å². The molecule has 2 aromatic rings. The van der Waals surface area contributed by atoms with E-state index in [1.54, 1.807) is 0 Å². The van der Waals surface area contributed by atoms with Crippen molar-refractivity contribution in [1.82, 2.24) is 5.32 Å². The predicted molar refractivity (Wildman–Crippen MR) is 99.6 cm³/mol. The fraction of sp³-hybridized carbons (Fsp3) is 0.294. The highest BCUT2D eigenvalue weighted by Gasteiger charge is 2.03. The van der Waals surface area contributed by atoms with Crippen LogP contribution in [0.5, 0.6) is 5.75 Å². The summed E-state index contributed by atoms with van der Waals surface area (Å²) in [6.07, 6.45) is 1.16. The van der Waals surface area contributed by atoms with E-state index in [-0.39, 0.29) is 0 Å². The maximum Gasteiger partial charge on any atom is 0.120 e. The quantitative estimate of drug-likeness (QED) is 0.457. The van der Waals surface area contributed by atoms with Crippen LogP contribution < -0.4 is 10.1 Å². The summed E-state index contributed by atoms with van der Waals surface area (Å²) in [5.74, 6) is 0.905. The predicted octanol–water partition coefficient (Wildman–Crippen LogP) is 5.13. The molecule has 0 atom stereocenters. The Bertz CT molecular complexity index is 589. The lowest BCUT2D eigenvalue weighted by Crippen LogP contribution is -2.13. The van der Waals surface area contributed by atoms with Gasteiger partial charge in [-0.1, -0.05) is 41.1 Å². The first-order valence-electron chi connectivity index (χ1n) is 7.05. The van der Waals surface area contributed by atoms with Gasteiger partial charge >= 0.3 is 0 Å². The Morgan fingerprint density at radius 3 is 2.76 bits per heavy atom. The van der Waals surface area contributed by atoms with Crippen molar-refractivity contribution in [3.63, 3.8) is 0 Å². The largest absolute Gasteiger partial charge is 0.489 e. The maximum atomic E-state index is 5.84. The zero-order valence-electron chi connectivity index (χ0n) is 12.0. The summed E-state index contributed by atoms with van der Waals surface area (Å²) in [5.41, 5.74) is 2.45. The average molecular weight is 460 g/mol. The summed E-state index contributed by atoms with van der Waals surface area (Å²) in [7, 11) is 0. The Balaban J connectivity index is 1.94. The smallest absolute Gasteiger partial charge is 0.120 e. The molecular formula is C17H19BrINO. The summed E-state index contributed by atoms with van der Waals surface area (Å²) in [4.78, 5) is 0. The molecule has 0 aromatic heterocycles. The number of nitrogens with one attached hydrogen (secondary N) is 1. The van der Waals surface area contributed by atoms with Gasteiger partial charge in [-0.25, -0.2) is 0 Å². The molecule has 0 amide bonds. The van der Waals surface area contributed by atoms with Gasteiger partial charge < -0.3 is 10.1 Å². The van der Waals surface area contributed by atoms with Crippen molar-refractivity contribution in [2.45, 2.75) is 26.5 Å². The molecule has 0 bridgehead atoms. The van der Waals surface area contributed by atoms with E-state index in [0.29, 0.717) is 6.61 Å². The monoisotopic (exact) mass is 459 g/mol. The number of hydrogen-bond acceptors (Lipinski definition) is 2. The highest BCUT2D eigenvalue weighted by Crippen LogP contribution is 2.22. The molecule has 21 heavy (non-hydrogen) atoms. The van der Waals surface area contributed by atoms with Gasteiger partial charge in [0, 0.05) is 20.2 Å². The zero-order chi connectivity index (χ0) is 15.1. The Morgan fingerprint density at radius 1 is 1.19 bits per heavy atom. The molecule has 2 aromatic carbocycles. The van der Waals surface area contributed by atoms with Gasteiger partial charge in [-0.2, -0.15) is 0 Å². The molecule has 0 saturated heterocycles. The highest BCUT2D eigenvalue weighted by atomic mass is 127. The molecule has 112 valence electrons. The van der Waals surface area contributed by atoms with Crippen molar-refractivity contribution in [3.05, 3.63) is 61.6 Å². The first-order valence-corrected chi connectivity index (χ1v) is 8.92. The van der Waals surface area contributed by atoms with Crippen molar-refractivity contribution >= 4 is 38.5 Å². The second-order valence-electron chi connectivity index (χ2n) is 4.85. The van der Waals surface area contributed by atoms with Crippen LogP contribution in [0, 0.1) is 3.57 Å². The molecule has 0 saturated carbocycles. The molecule has 0 unspecified atom stereocenters. The van der Waals surface area contributed by atoms with Crippen molar-refractivity contribution in [3.8, 4) is 5.75 Å². The molecule has 0 fully saturated rings. The van der Waals surface area contributed by atoms with Gasteiger partial charge in [0.25, 0.3) is 0 Å². The molecule has 2 nitrogen and oxygen atoms in total. The number of benzene rings is 2. The molecule has 2 rings (SSSR count). The summed E-state index contributed by atoms with van der Waals surface area (Å²) in [6.45, 7) is 4.71. The van der Waals surface area contributed by atoms with Crippen LogP contribution in [0.15, 0.2) is 46.9 Å². The minimum absolute atomic E-state index is 0.573. The summed E-state index contributed by atoms with van der Waals surface area (Å²) in [6, 6.07) is 14.5. The summed E-state index contributed by atoms with van der Waals surface area (Å²) >= 11 is 5.93. The molecule has 0 aliphatic heterocycles. The van der Waals surface area contributed by atoms with E-state index in [1.165, 1.54) is 9.13 Å². The van der Waals surface area contributed by atoms with Crippen LogP contribution in [0.2, 0.25) is 0 Å². The first-order chi connectivity index (χ1) is 10.2. The molecule has 1 N–H and O–H groups in total. The number of rotatable bonds is 7. The van der Waals surface area contributed by atoms with Gasteiger partial charge in [0.15, 0.2) is 0 Å². The fourth-order valence-electron chi connectivity index (χ4n) is 1.95. The van der Waals surface area contributed by atoms with Crippen LogP contribution in [0.25, 0.3) is 0 Å². The lowest BCUT2D eigenvalue weighted by Gasteiger charge is -2.10. The number of ether oxygens (including phenoxy) is 1. The lowest BCUT2D eigenvalue weighted by molar-refractivity contribution is 0.305. The van der Waals surface area contributed by atoms with Crippen molar-refractivity contribution in [1.29, 1.82) is 0 Å². The van der Waals surface area contributed by atoms with Crippen LogP contribution in [-0.4, -0.2) is 6.54 Å². The lowest BCUT2D eigenvalue weighted by atomic mass is 10.1. The topological polar surface area (TPSA) is 21.3 Å². The van der Waals surface area contributed by atoms with Crippen LogP contribution in [0.1, 0.15) is 24.5 Å². The van der Waals surface area contributed by atoms with E-state index >= 15 is 0 Å². The Kier molecular flexibility index (Phi) is 6.99. The second kappa shape index (κ2) is 8.76. The van der Waals surface area contributed by atoms with E-state index in [0.717, 1.165) is 35.3 Å². The van der Waals surface area contributed by atoms with Gasteiger partial charge in [-0.05, 0) is 65.4 Å². The van der Waals surface area contributed by atoms with Crippen molar-refractivity contribution in [2.24, 2.45) is 0 Å². The van der Waals surface area contributed by atoms with Crippen LogP contribution in [0.4, 0.5) is 0 Å². The third-order valence-corrected chi connectivity index (χ3v) is 4.47. The molecule has 0 aliphatic rings. The van der Waals surface area contributed by atoms with E-state index in [9.17, 15) is 0 Å². The second-order valence-corrected chi connectivity index (χ2v) is 6.95. The van der Waals surface area contributed by atoms with Crippen LogP contribution in [0.3, 0.4) is 0 Å². The number of halogens is 2. The summed E-state index contributed by atoms with van der Waals surface area (Å²) in [5, 5.41) is 3.41. The minimum Gasteiger partial charge on any atom is -0.489 e. The van der Waals surface area contributed by atoms with Crippen LogP contribution >= 0.6 is 38.5 Å². The normalized spacial score (nSPS) is 10.6. The van der Waals surface area contributed by atoms with Gasteiger partial charge in [-0.15, -0.1) is 0 Å².